The predicted molar refractivity (Wildman–Crippen MR) is 77.2 cm³/mol. The summed E-state index contributed by atoms with van der Waals surface area (Å²) in [6, 6.07) is 8.26. The number of aliphatic hydroxyl groups excluding tert-OH is 1. The van der Waals surface area contributed by atoms with Gasteiger partial charge in [-0.3, -0.25) is 9.78 Å². The second kappa shape index (κ2) is 7.17. The van der Waals surface area contributed by atoms with Crippen LogP contribution in [0.4, 0.5) is 10.1 Å². The Balaban J connectivity index is 2.23. The number of para-hydroxylation sites is 1. The summed E-state index contributed by atoms with van der Waals surface area (Å²) in [6.07, 6.45) is 2.69. The first-order valence-electron chi connectivity index (χ1n) is 6.32. The highest BCUT2D eigenvalue weighted by atomic mass is 19.1. The van der Waals surface area contributed by atoms with Crippen LogP contribution in [0.3, 0.4) is 0 Å². The van der Waals surface area contributed by atoms with E-state index in [4.69, 9.17) is 5.11 Å². The predicted octanol–water partition coefficient (Wildman–Crippen LogP) is 2.21. The van der Waals surface area contributed by atoms with Crippen LogP contribution in [-0.4, -0.2) is 22.6 Å². The molecule has 5 heteroatoms. The smallest absolute Gasteiger partial charge is 0.258 e. The number of hydrogen-bond donors (Lipinski definition) is 2. The highest BCUT2D eigenvalue weighted by molar-refractivity contribution is 6.05. The minimum Gasteiger partial charge on any atom is -0.395 e. The van der Waals surface area contributed by atoms with E-state index >= 15 is 0 Å². The van der Waals surface area contributed by atoms with E-state index in [1.807, 2.05) is 0 Å². The van der Waals surface area contributed by atoms with Crippen molar-refractivity contribution in [1.82, 2.24) is 4.98 Å². The molecule has 21 heavy (non-hydrogen) atoms. The Hall–Kier alpha value is -2.71. The Morgan fingerprint density at radius 1 is 1.33 bits per heavy atom. The Kier molecular flexibility index (Phi) is 5.02. The molecule has 0 aliphatic heterocycles. The molecule has 0 saturated carbocycles. The summed E-state index contributed by atoms with van der Waals surface area (Å²) in [4.78, 5) is 15.7. The number of rotatable bonds is 3. The van der Waals surface area contributed by atoms with Crippen molar-refractivity contribution in [3.8, 4) is 11.8 Å². The molecule has 4 nitrogen and oxygen atoms in total. The maximum Gasteiger partial charge on any atom is 0.258 e. The van der Waals surface area contributed by atoms with E-state index in [-0.39, 0.29) is 12.2 Å². The van der Waals surface area contributed by atoms with Gasteiger partial charge in [0.1, 0.15) is 0 Å². The van der Waals surface area contributed by atoms with Crippen molar-refractivity contribution >= 4 is 11.6 Å². The number of nitrogens with one attached hydrogen (secondary N) is 1. The number of halogens is 1. The van der Waals surface area contributed by atoms with Gasteiger partial charge in [-0.05, 0) is 18.2 Å². The zero-order valence-corrected chi connectivity index (χ0v) is 11.1. The lowest BCUT2D eigenvalue weighted by Gasteiger charge is -2.07. The first kappa shape index (κ1) is 14.7. The van der Waals surface area contributed by atoms with Gasteiger partial charge in [0.15, 0.2) is 5.82 Å². The van der Waals surface area contributed by atoms with E-state index in [1.165, 1.54) is 12.3 Å². The maximum absolute atomic E-state index is 13.5. The molecule has 0 unspecified atom stereocenters. The van der Waals surface area contributed by atoms with Crippen LogP contribution in [0.25, 0.3) is 0 Å². The van der Waals surface area contributed by atoms with E-state index < -0.39 is 11.7 Å². The topological polar surface area (TPSA) is 62.2 Å². The highest BCUT2D eigenvalue weighted by Gasteiger charge is 2.12. The van der Waals surface area contributed by atoms with E-state index in [2.05, 4.69) is 22.1 Å². The Morgan fingerprint density at radius 2 is 2.14 bits per heavy atom. The maximum atomic E-state index is 13.5. The second-order valence-corrected chi connectivity index (χ2v) is 4.13. The van der Waals surface area contributed by atoms with Crippen LogP contribution < -0.4 is 5.32 Å². The van der Waals surface area contributed by atoms with Gasteiger partial charge >= 0.3 is 0 Å². The zero-order chi connectivity index (χ0) is 15.1. The summed E-state index contributed by atoms with van der Waals surface area (Å²) in [6.45, 7) is -0.0241. The van der Waals surface area contributed by atoms with E-state index in [0.717, 1.165) is 6.20 Å². The zero-order valence-electron chi connectivity index (χ0n) is 11.1. The van der Waals surface area contributed by atoms with Gasteiger partial charge in [-0.1, -0.05) is 24.0 Å². The molecule has 0 fully saturated rings. The third-order valence-electron chi connectivity index (χ3n) is 2.65. The van der Waals surface area contributed by atoms with Crippen LogP contribution in [0.2, 0.25) is 0 Å². The summed E-state index contributed by atoms with van der Waals surface area (Å²) in [5.74, 6) is 4.39. The van der Waals surface area contributed by atoms with Gasteiger partial charge in [0.2, 0.25) is 0 Å². The molecular formula is C16H13FN2O2. The highest BCUT2D eigenvalue weighted by Crippen LogP contribution is 2.16. The first-order chi connectivity index (χ1) is 10.2. The SMILES string of the molecule is O=C(Nc1ccccc1C#CCCO)c1ccncc1F. The average Bonchev–Trinajstić information content (AvgIpc) is 2.49. The molecule has 0 bridgehead atoms. The standard InChI is InChI=1S/C16H13FN2O2/c17-14-11-18-9-8-13(14)16(21)19-15-7-2-1-5-12(15)6-3-4-10-20/h1-2,5,7-9,11,20H,4,10H2,(H,19,21). The molecule has 0 aliphatic carbocycles. The average molecular weight is 284 g/mol. The number of anilines is 1. The van der Waals surface area contributed by atoms with Gasteiger partial charge in [0, 0.05) is 18.2 Å². The molecule has 2 N–H and O–H groups in total. The normalized spacial score (nSPS) is 9.62. The summed E-state index contributed by atoms with van der Waals surface area (Å²) < 4.78 is 13.5. The monoisotopic (exact) mass is 284 g/mol. The number of benzene rings is 1. The second-order valence-electron chi connectivity index (χ2n) is 4.13. The van der Waals surface area contributed by atoms with Crippen LogP contribution in [0, 0.1) is 17.7 Å². The summed E-state index contributed by atoms with van der Waals surface area (Å²) in [5.41, 5.74) is 1.01. The molecular weight excluding hydrogens is 271 g/mol. The van der Waals surface area contributed by atoms with Gasteiger partial charge in [-0.25, -0.2) is 4.39 Å². The Morgan fingerprint density at radius 3 is 2.90 bits per heavy atom. The molecule has 1 aromatic heterocycles. The van der Waals surface area contributed by atoms with E-state index in [1.54, 1.807) is 24.3 Å². The van der Waals surface area contributed by atoms with Crippen molar-refractivity contribution in [2.24, 2.45) is 0 Å². The lowest BCUT2D eigenvalue weighted by molar-refractivity contribution is 0.102. The first-order valence-corrected chi connectivity index (χ1v) is 6.32. The minimum absolute atomic E-state index is 0.0241. The molecule has 1 amide bonds. The molecule has 0 saturated heterocycles. The molecule has 0 radical (unpaired) electrons. The van der Waals surface area contributed by atoms with Crippen LogP contribution >= 0.6 is 0 Å². The number of pyridine rings is 1. The summed E-state index contributed by atoms with van der Waals surface area (Å²) in [7, 11) is 0. The van der Waals surface area contributed by atoms with E-state index in [9.17, 15) is 9.18 Å². The van der Waals surface area contributed by atoms with E-state index in [0.29, 0.717) is 17.7 Å². The fourth-order valence-electron chi connectivity index (χ4n) is 1.66. The molecule has 1 heterocycles. The Bertz CT molecular complexity index is 705. The van der Waals surface area contributed by atoms with Crippen molar-refractivity contribution in [3.63, 3.8) is 0 Å². The number of nitrogens with zero attached hydrogens (tertiary/aromatic N) is 1. The van der Waals surface area contributed by atoms with Gasteiger partial charge in [0.05, 0.1) is 24.1 Å². The molecule has 1 aromatic carbocycles. The third kappa shape index (κ3) is 3.88. The van der Waals surface area contributed by atoms with Crippen molar-refractivity contribution in [2.75, 3.05) is 11.9 Å². The van der Waals surface area contributed by atoms with Gasteiger partial charge in [-0.15, -0.1) is 0 Å². The van der Waals surface area contributed by atoms with Crippen molar-refractivity contribution < 1.29 is 14.3 Å². The number of aromatic nitrogens is 1. The van der Waals surface area contributed by atoms with Crippen LogP contribution in [-0.2, 0) is 0 Å². The molecule has 0 atom stereocenters. The molecule has 0 aliphatic rings. The molecule has 0 spiro atoms. The fraction of sp³-hybridized carbons (Fsp3) is 0.125. The number of aliphatic hydroxyl groups is 1. The number of carbonyl (C=O) groups excluding carboxylic acids is 1. The van der Waals surface area contributed by atoms with Gasteiger partial charge < -0.3 is 10.4 Å². The minimum atomic E-state index is -0.682. The fourth-order valence-corrected chi connectivity index (χ4v) is 1.66. The summed E-state index contributed by atoms with van der Waals surface area (Å²) in [5, 5.41) is 11.3. The quantitative estimate of drug-likeness (QED) is 0.849. The van der Waals surface area contributed by atoms with Gasteiger partial charge in [-0.2, -0.15) is 0 Å². The van der Waals surface area contributed by atoms with Crippen LogP contribution in [0.5, 0.6) is 0 Å². The lowest BCUT2D eigenvalue weighted by Crippen LogP contribution is -2.14. The van der Waals surface area contributed by atoms with Crippen molar-refractivity contribution in [1.29, 1.82) is 0 Å². The van der Waals surface area contributed by atoms with Crippen LogP contribution in [0.1, 0.15) is 22.3 Å². The number of hydrogen-bond acceptors (Lipinski definition) is 3. The molecule has 106 valence electrons. The molecule has 2 rings (SSSR count). The largest absolute Gasteiger partial charge is 0.395 e. The van der Waals surface area contributed by atoms with Crippen molar-refractivity contribution in [3.05, 3.63) is 59.7 Å². The molecule has 2 aromatic rings. The number of carbonyl (C=O) groups is 1. The van der Waals surface area contributed by atoms with Crippen LogP contribution in [0.15, 0.2) is 42.7 Å². The third-order valence-corrected chi connectivity index (χ3v) is 2.65. The lowest BCUT2D eigenvalue weighted by atomic mass is 10.1. The van der Waals surface area contributed by atoms with Crippen molar-refractivity contribution in [2.45, 2.75) is 6.42 Å². The summed E-state index contributed by atoms with van der Waals surface area (Å²) >= 11 is 0. The Labute approximate surface area is 121 Å². The van der Waals surface area contributed by atoms with Gasteiger partial charge in [0.25, 0.3) is 5.91 Å². The number of amides is 1.